The summed E-state index contributed by atoms with van der Waals surface area (Å²) in [4.78, 5) is 23.2. The average Bonchev–Trinajstić information content (AvgIpc) is 3.73. The Kier molecular flexibility index (Phi) is 27.3. The van der Waals surface area contributed by atoms with Gasteiger partial charge in [-0.2, -0.15) is 13.2 Å². The molecule has 4 aromatic rings. The maximum atomic E-state index is 12.3. The summed E-state index contributed by atoms with van der Waals surface area (Å²) in [5, 5.41) is 11.5. The topological polar surface area (TPSA) is 119 Å². The monoisotopic (exact) mass is 1150 g/mol. The zero-order chi connectivity index (χ0) is 43.4. The maximum absolute atomic E-state index is 12.3. The molecule has 1 saturated heterocycles. The zero-order valence-electron chi connectivity index (χ0n) is 37.3. The fourth-order valence-electron chi connectivity index (χ4n) is 5.53. The third kappa shape index (κ3) is 18.1. The Bertz CT molecular complexity index is 1920. The van der Waals surface area contributed by atoms with Gasteiger partial charge in [0.25, 0.3) is 6.47 Å². The van der Waals surface area contributed by atoms with Crippen LogP contribution in [-0.4, -0.2) is 37.9 Å². The summed E-state index contributed by atoms with van der Waals surface area (Å²) in [6.07, 6.45) is -4.43. The Hall–Kier alpha value is 0.449. The van der Waals surface area contributed by atoms with Crippen LogP contribution in [0.5, 0.6) is 0 Å². The third-order valence-corrected chi connectivity index (χ3v) is 10.8. The summed E-state index contributed by atoms with van der Waals surface area (Å²) in [7, 11) is 0.973. The van der Waals surface area contributed by atoms with Crippen molar-refractivity contribution in [3.05, 3.63) is 122 Å². The van der Waals surface area contributed by atoms with Gasteiger partial charge >= 0.3 is 157 Å². The molecule has 0 spiro atoms. The summed E-state index contributed by atoms with van der Waals surface area (Å²) in [5.74, 6) is -0.338. The van der Waals surface area contributed by atoms with Crippen LogP contribution >= 0.6 is 27.5 Å². The van der Waals surface area contributed by atoms with Gasteiger partial charge in [-0.05, 0) is 138 Å². The van der Waals surface area contributed by atoms with E-state index in [1.54, 1.807) is 0 Å². The molecule has 314 valence electrons. The molecular formula is C42H53BBrClCs2F3NO8. The molecule has 17 heteroatoms. The normalized spacial score (nSPS) is 13.7. The second-order valence-electron chi connectivity index (χ2n) is 14.9. The fraction of sp³-hybridized carbons (Fsp3) is 0.429. The number of alkyl halides is 4. The van der Waals surface area contributed by atoms with E-state index < -0.39 is 24.5 Å². The predicted molar refractivity (Wildman–Crippen MR) is 219 cm³/mol. The second-order valence-corrected chi connectivity index (χ2v) is 16.1. The van der Waals surface area contributed by atoms with Crippen LogP contribution in [0.1, 0.15) is 93.4 Å². The van der Waals surface area contributed by atoms with Crippen molar-refractivity contribution < 1.29 is 191 Å². The number of benzene rings is 3. The summed E-state index contributed by atoms with van der Waals surface area (Å²) in [6.45, 7) is 21.0. The molecule has 2 heterocycles. The van der Waals surface area contributed by atoms with Crippen LogP contribution in [0.15, 0.2) is 75.6 Å². The third-order valence-electron chi connectivity index (χ3n) is 10.0. The van der Waals surface area contributed by atoms with Gasteiger partial charge in [0.05, 0.1) is 30.3 Å². The molecule has 1 aromatic heterocycles. The second kappa shape index (κ2) is 27.0. The minimum Gasteiger partial charge on any atom is -1.00 e. The van der Waals surface area contributed by atoms with Crippen LogP contribution in [0.2, 0.25) is 0 Å². The van der Waals surface area contributed by atoms with Gasteiger partial charge in [-0.15, -0.1) is 11.6 Å². The molecule has 0 aliphatic carbocycles. The Labute approximate surface area is 479 Å². The van der Waals surface area contributed by atoms with Crippen LogP contribution in [-0.2, 0) is 59.1 Å². The Balaban J connectivity index is 0. The summed E-state index contributed by atoms with van der Waals surface area (Å²) >= 11 is 9.19. The first-order valence-corrected chi connectivity index (χ1v) is 19.3. The molecule has 1 aliphatic rings. The summed E-state index contributed by atoms with van der Waals surface area (Å²) in [5.41, 5.74) is 8.04. The van der Waals surface area contributed by atoms with E-state index in [-0.39, 0.29) is 175 Å². The smallest absolute Gasteiger partial charge is 1.00 e. The number of methoxy groups -OCH3 is 1. The van der Waals surface area contributed by atoms with Crippen LogP contribution in [0.4, 0.5) is 13.2 Å². The molecule has 9 nitrogen and oxygen atoms in total. The van der Waals surface area contributed by atoms with Crippen molar-refractivity contribution in [2.45, 2.75) is 111 Å². The molecule has 3 aromatic carbocycles. The SMILES string of the molecule is COC(=O)C(C)(C)c1cccc(B2OC(C)(C)C(C)(C)O2)c1.Cc1cc(C)c(CCl)c(C)c1C.FC(F)(F)c1ccc(CNCc2ccc(Br)cc2)o1.O=CO[O-].[Cs+].[Cs+].[H-]. The minimum absolute atomic E-state index is 0. The van der Waals surface area contributed by atoms with Gasteiger partial charge in [0, 0.05) is 16.9 Å². The van der Waals surface area contributed by atoms with E-state index >= 15 is 0 Å². The number of hydrogen-bond donors (Lipinski definition) is 1. The molecular weight excluding hydrogens is 1100 g/mol. The maximum Gasteiger partial charge on any atom is 1.00 e. The van der Waals surface area contributed by atoms with Gasteiger partial charge in [0.1, 0.15) is 5.76 Å². The van der Waals surface area contributed by atoms with E-state index in [2.05, 4.69) is 59.9 Å². The van der Waals surface area contributed by atoms with Gasteiger partial charge in [-0.25, -0.2) is 0 Å². The number of halogens is 5. The first kappa shape index (κ1) is 59.4. The fourth-order valence-corrected chi connectivity index (χ4v) is 6.20. The molecule has 59 heavy (non-hydrogen) atoms. The van der Waals surface area contributed by atoms with Crippen molar-refractivity contribution in [3.8, 4) is 0 Å². The van der Waals surface area contributed by atoms with E-state index in [1.165, 1.54) is 41.0 Å². The summed E-state index contributed by atoms with van der Waals surface area (Å²) < 4.78 is 59.6. The number of hydrogen-bond acceptors (Lipinski definition) is 9. The van der Waals surface area contributed by atoms with Gasteiger partial charge in [-0.1, -0.05) is 58.4 Å². The van der Waals surface area contributed by atoms with Crippen LogP contribution in [0.3, 0.4) is 0 Å². The molecule has 0 unspecified atom stereocenters. The molecule has 0 amide bonds. The Morgan fingerprint density at radius 2 is 1.47 bits per heavy atom. The van der Waals surface area contributed by atoms with E-state index in [4.69, 9.17) is 40.1 Å². The molecule has 1 aliphatic heterocycles. The van der Waals surface area contributed by atoms with Crippen molar-refractivity contribution in [3.63, 3.8) is 0 Å². The quantitative estimate of drug-likeness (QED) is 0.0675. The zero-order valence-corrected chi connectivity index (χ0v) is 51.2. The van der Waals surface area contributed by atoms with Crippen molar-refractivity contribution >= 4 is 52.6 Å². The van der Waals surface area contributed by atoms with E-state index in [1.807, 2.05) is 90.1 Å². The molecule has 1 fully saturated rings. The van der Waals surface area contributed by atoms with Crippen LogP contribution < -0.4 is 154 Å². The van der Waals surface area contributed by atoms with Gasteiger partial charge < -0.3 is 35.4 Å². The molecule has 0 radical (unpaired) electrons. The number of furan rings is 1. The van der Waals surface area contributed by atoms with Crippen LogP contribution in [0, 0.1) is 27.7 Å². The Morgan fingerprint density at radius 1 is 0.915 bits per heavy atom. The number of carbonyl (C=O) groups is 2. The van der Waals surface area contributed by atoms with Crippen molar-refractivity contribution in [2.75, 3.05) is 7.11 Å². The predicted octanol–water partition coefficient (Wildman–Crippen LogP) is 3.00. The summed E-state index contributed by atoms with van der Waals surface area (Å²) in [6, 6.07) is 19.9. The standard InChI is InChI=1S/C17H25BO4.C13H11BrF3NO.C11H15Cl.CH2O3.2Cs.H/c1-15(2,14(19)20-7)12-9-8-10-13(11-12)18-21-16(3,4)17(5,6)22-18;14-10-3-1-9(2-4-10)7-18-8-11-5-6-12(19-11)13(15,16)17;1-7-5-8(2)11(6-12)10(4)9(7)3;2-1-4-3;;;/h8-11H,1-7H3;1-6,18H,7-8H2;5H,6H2,1-4H3;1,3H;;;/q;;;;2*+1;-1/p-1. The molecule has 1 N–H and O–H groups in total. The minimum atomic E-state index is -4.43. The Morgan fingerprint density at radius 3 is 1.95 bits per heavy atom. The van der Waals surface area contributed by atoms with Gasteiger partial charge in [0.15, 0.2) is 0 Å². The number of ether oxygens (including phenoxy) is 1. The van der Waals surface area contributed by atoms with E-state index in [9.17, 15) is 18.0 Å². The largest absolute Gasteiger partial charge is 1.00 e. The molecule has 0 bridgehead atoms. The molecule has 5 rings (SSSR count). The number of esters is 1. The van der Waals surface area contributed by atoms with Crippen molar-refractivity contribution in [2.24, 2.45) is 0 Å². The molecule has 0 saturated carbocycles. The van der Waals surface area contributed by atoms with Gasteiger partial charge in [0.2, 0.25) is 5.76 Å². The van der Waals surface area contributed by atoms with Crippen molar-refractivity contribution in [1.82, 2.24) is 5.32 Å². The molecule has 0 atom stereocenters. The van der Waals surface area contributed by atoms with E-state index in [0.29, 0.717) is 12.4 Å². The number of aryl methyl sites for hydroxylation is 2. The number of rotatable bonds is 9. The van der Waals surface area contributed by atoms with E-state index in [0.717, 1.165) is 27.1 Å². The average molecular weight is 1150 g/mol. The van der Waals surface area contributed by atoms with Crippen molar-refractivity contribution in [1.29, 1.82) is 0 Å². The van der Waals surface area contributed by atoms with Gasteiger partial charge in [-0.3, -0.25) is 9.59 Å². The first-order chi connectivity index (χ1) is 26.4. The first-order valence-electron chi connectivity index (χ1n) is 18.0. The number of nitrogens with one attached hydrogen (secondary N) is 1. The van der Waals surface area contributed by atoms with Crippen LogP contribution in [0.25, 0.3) is 0 Å². The number of carbonyl (C=O) groups excluding carboxylic acids is 2.